The smallest absolute Gasteiger partial charge is 0.422 e. The van der Waals surface area contributed by atoms with Gasteiger partial charge in [-0.1, -0.05) is 32.4 Å². The summed E-state index contributed by atoms with van der Waals surface area (Å²) in [4.78, 5) is 3.79. The Bertz CT molecular complexity index is 399. The number of nitrogens with zero attached hydrogens (tertiary/aromatic N) is 1. The van der Waals surface area contributed by atoms with Gasteiger partial charge in [-0.3, -0.25) is 0 Å². The first-order valence-corrected chi connectivity index (χ1v) is 5.33. The minimum atomic E-state index is -4.40. The Morgan fingerprint density at radius 3 is 2.29 bits per heavy atom. The van der Waals surface area contributed by atoms with Crippen molar-refractivity contribution in [2.75, 3.05) is 6.61 Å². The second kappa shape index (κ2) is 4.72. The highest BCUT2D eigenvalue weighted by molar-refractivity contribution is 6.31. The Morgan fingerprint density at radius 2 is 1.88 bits per heavy atom. The molecule has 0 amide bonds. The summed E-state index contributed by atoms with van der Waals surface area (Å²) in [6.07, 6.45) is -2.93. The zero-order valence-corrected chi connectivity index (χ0v) is 10.5. The van der Waals surface area contributed by atoms with Gasteiger partial charge in [0.2, 0.25) is 5.88 Å². The first-order chi connectivity index (χ1) is 7.59. The molecule has 96 valence electrons. The largest absolute Gasteiger partial charge is 0.467 e. The van der Waals surface area contributed by atoms with Crippen LogP contribution in [0.3, 0.4) is 0 Å². The van der Waals surface area contributed by atoms with Gasteiger partial charge in [-0.15, -0.1) is 0 Å². The van der Waals surface area contributed by atoms with Gasteiger partial charge in [0.1, 0.15) is 5.02 Å². The number of ether oxygens (including phenoxy) is 1. The van der Waals surface area contributed by atoms with E-state index in [1.807, 2.05) is 20.8 Å². The van der Waals surface area contributed by atoms with Crippen LogP contribution in [0.2, 0.25) is 5.02 Å². The minimum Gasteiger partial charge on any atom is -0.467 e. The minimum absolute atomic E-state index is 0.0849. The SMILES string of the molecule is CC(C)(C)c1cnc(OCC(F)(F)F)c(Cl)c1. The van der Waals surface area contributed by atoms with Crippen molar-refractivity contribution in [3.05, 3.63) is 22.8 Å². The van der Waals surface area contributed by atoms with Crippen LogP contribution in [0.1, 0.15) is 26.3 Å². The molecule has 1 aromatic rings. The van der Waals surface area contributed by atoms with Crippen LogP contribution in [0.5, 0.6) is 5.88 Å². The molecular formula is C11H13ClF3NO. The Kier molecular flexibility index (Phi) is 3.91. The summed E-state index contributed by atoms with van der Waals surface area (Å²) in [6, 6.07) is 1.57. The number of rotatable bonds is 2. The fraction of sp³-hybridized carbons (Fsp3) is 0.545. The van der Waals surface area contributed by atoms with Crippen LogP contribution in [0, 0.1) is 0 Å². The van der Waals surface area contributed by atoms with Crippen molar-refractivity contribution >= 4 is 11.6 Å². The Morgan fingerprint density at radius 1 is 1.29 bits per heavy atom. The molecule has 0 N–H and O–H groups in total. The van der Waals surface area contributed by atoms with Crippen molar-refractivity contribution in [3.8, 4) is 5.88 Å². The molecule has 2 nitrogen and oxygen atoms in total. The van der Waals surface area contributed by atoms with E-state index in [1.165, 1.54) is 6.20 Å². The fourth-order valence-corrected chi connectivity index (χ4v) is 1.31. The molecule has 0 radical (unpaired) electrons. The third-order valence-corrected chi connectivity index (χ3v) is 2.32. The third kappa shape index (κ3) is 4.42. The van der Waals surface area contributed by atoms with Crippen molar-refractivity contribution in [3.63, 3.8) is 0 Å². The van der Waals surface area contributed by atoms with Crippen molar-refractivity contribution in [2.45, 2.75) is 32.4 Å². The molecule has 1 heterocycles. The summed E-state index contributed by atoms with van der Waals surface area (Å²) >= 11 is 5.81. The standard InChI is InChI=1S/C11H13ClF3NO/c1-10(2,3)7-4-8(12)9(16-5-7)17-6-11(13,14)15/h4-5H,6H2,1-3H3. The molecule has 6 heteroatoms. The van der Waals surface area contributed by atoms with E-state index in [-0.39, 0.29) is 16.3 Å². The van der Waals surface area contributed by atoms with Crippen molar-refractivity contribution in [1.82, 2.24) is 4.98 Å². The van der Waals surface area contributed by atoms with Crippen molar-refractivity contribution < 1.29 is 17.9 Å². The maximum absolute atomic E-state index is 11.9. The molecule has 0 fully saturated rings. The van der Waals surface area contributed by atoms with E-state index in [9.17, 15) is 13.2 Å². The highest BCUT2D eigenvalue weighted by atomic mass is 35.5. The Hall–Kier alpha value is -0.970. The molecule has 0 atom stereocenters. The van der Waals surface area contributed by atoms with Gasteiger partial charge in [0.15, 0.2) is 6.61 Å². The summed E-state index contributed by atoms with van der Waals surface area (Å²) in [7, 11) is 0. The number of pyridine rings is 1. The number of hydrogen-bond donors (Lipinski definition) is 0. The average Bonchev–Trinajstić information content (AvgIpc) is 2.12. The van der Waals surface area contributed by atoms with Gasteiger partial charge in [0.05, 0.1) is 0 Å². The lowest BCUT2D eigenvalue weighted by molar-refractivity contribution is -0.154. The first kappa shape index (κ1) is 14.1. The molecule has 0 saturated carbocycles. The van der Waals surface area contributed by atoms with Crippen molar-refractivity contribution in [1.29, 1.82) is 0 Å². The van der Waals surface area contributed by atoms with Gasteiger partial charge in [-0.2, -0.15) is 13.2 Å². The topological polar surface area (TPSA) is 22.1 Å². The molecule has 0 unspecified atom stereocenters. The molecule has 0 aliphatic rings. The maximum Gasteiger partial charge on any atom is 0.422 e. The van der Waals surface area contributed by atoms with Crippen LogP contribution >= 0.6 is 11.6 Å². The molecule has 17 heavy (non-hydrogen) atoms. The van der Waals surface area contributed by atoms with E-state index < -0.39 is 12.8 Å². The lowest BCUT2D eigenvalue weighted by Crippen LogP contribution is -2.20. The number of halogens is 4. The van der Waals surface area contributed by atoms with E-state index >= 15 is 0 Å². The summed E-state index contributed by atoms with van der Waals surface area (Å²) < 4.78 is 40.3. The van der Waals surface area contributed by atoms with Crippen molar-refractivity contribution in [2.24, 2.45) is 0 Å². The number of hydrogen-bond acceptors (Lipinski definition) is 2. The molecule has 0 saturated heterocycles. The third-order valence-electron chi connectivity index (χ3n) is 2.05. The maximum atomic E-state index is 11.9. The molecule has 0 spiro atoms. The van der Waals surface area contributed by atoms with E-state index in [2.05, 4.69) is 9.72 Å². The first-order valence-electron chi connectivity index (χ1n) is 4.95. The molecule has 0 bridgehead atoms. The van der Waals surface area contributed by atoms with Gasteiger partial charge in [0.25, 0.3) is 0 Å². The van der Waals surface area contributed by atoms with E-state index in [4.69, 9.17) is 11.6 Å². The van der Waals surface area contributed by atoms with E-state index in [1.54, 1.807) is 6.07 Å². The average molecular weight is 268 g/mol. The normalized spacial score (nSPS) is 12.6. The summed E-state index contributed by atoms with van der Waals surface area (Å²) in [5.41, 5.74) is 0.668. The van der Waals surface area contributed by atoms with Crippen LogP contribution in [0.4, 0.5) is 13.2 Å². The monoisotopic (exact) mass is 267 g/mol. The lowest BCUT2D eigenvalue weighted by Gasteiger charge is -2.19. The van der Waals surface area contributed by atoms with Crippen LogP contribution in [0.15, 0.2) is 12.3 Å². The highest BCUT2D eigenvalue weighted by Gasteiger charge is 2.29. The quantitative estimate of drug-likeness (QED) is 0.809. The molecule has 0 aliphatic carbocycles. The lowest BCUT2D eigenvalue weighted by atomic mass is 9.88. The summed E-state index contributed by atoms with van der Waals surface area (Å²) in [5.74, 6) is -0.197. The molecule has 1 rings (SSSR count). The van der Waals surface area contributed by atoms with Crippen LogP contribution in [-0.2, 0) is 5.41 Å². The second-order valence-corrected chi connectivity index (χ2v) is 5.07. The van der Waals surface area contributed by atoms with Crippen LogP contribution in [0.25, 0.3) is 0 Å². The molecule has 1 aromatic heterocycles. The molecule has 0 aliphatic heterocycles. The van der Waals surface area contributed by atoms with E-state index in [0.717, 1.165) is 5.56 Å². The molecular weight excluding hydrogens is 255 g/mol. The number of aromatic nitrogens is 1. The summed E-state index contributed by atoms with van der Waals surface area (Å²) in [6.45, 7) is 4.47. The van der Waals surface area contributed by atoms with Gasteiger partial charge in [0, 0.05) is 6.20 Å². The second-order valence-electron chi connectivity index (χ2n) is 4.66. The fourth-order valence-electron chi connectivity index (χ4n) is 1.09. The van der Waals surface area contributed by atoms with E-state index in [0.29, 0.717) is 0 Å². The highest BCUT2D eigenvalue weighted by Crippen LogP contribution is 2.29. The van der Waals surface area contributed by atoms with Gasteiger partial charge in [-0.25, -0.2) is 4.98 Å². The zero-order valence-electron chi connectivity index (χ0n) is 9.73. The van der Waals surface area contributed by atoms with Gasteiger partial charge >= 0.3 is 6.18 Å². The van der Waals surface area contributed by atoms with Gasteiger partial charge < -0.3 is 4.74 Å². The molecule has 0 aromatic carbocycles. The predicted molar refractivity (Wildman–Crippen MR) is 59.5 cm³/mol. The predicted octanol–water partition coefficient (Wildman–Crippen LogP) is 3.97. The zero-order chi connectivity index (χ0) is 13.3. The van der Waals surface area contributed by atoms with Crippen LogP contribution < -0.4 is 4.74 Å². The summed E-state index contributed by atoms with van der Waals surface area (Å²) in [5, 5.41) is 0.0849. The Labute approximate surface area is 103 Å². The number of alkyl halides is 3. The Balaban J connectivity index is 2.84. The van der Waals surface area contributed by atoms with Crippen LogP contribution in [-0.4, -0.2) is 17.8 Å². The van der Waals surface area contributed by atoms with Gasteiger partial charge in [-0.05, 0) is 17.0 Å².